The number of alkyl halides is 1. The van der Waals surface area contributed by atoms with E-state index in [-0.39, 0.29) is 31.7 Å². The molecule has 1 aliphatic heterocycles. The van der Waals surface area contributed by atoms with E-state index in [4.69, 9.17) is 15.2 Å². The Morgan fingerprint density at radius 2 is 1.89 bits per heavy atom. The van der Waals surface area contributed by atoms with Crippen molar-refractivity contribution in [2.24, 2.45) is 5.73 Å². The molecule has 0 bridgehead atoms. The maximum absolute atomic E-state index is 14.9. The third-order valence-corrected chi connectivity index (χ3v) is 5.25. The number of rotatable bonds is 8. The molecule has 188 valence electrons. The fourth-order valence-corrected chi connectivity index (χ4v) is 3.55. The topological polar surface area (TPSA) is 102 Å². The fourth-order valence-electron chi connectivity index (χ4n) is 3.55. The first-order valence-electron chi connectivity index (χ1n) is 11.2. The van der Waals surface area contributed by atoms with Gasteiger partial charge in [0.05, 0.1) is 18.9 Å². The van der Waals surface area contributed by atoms with Gasteiger partial charge in [0.15, 0.2) is 6.10 Å². The summed E-state index contributed by atoms with van der Waals surface area (Å²) in [4.78, 5) is 38.3. The highest BCUT2D eigenvalue weighted by molar-refractivity contribution is 5.95. The summed E-state index contributed by atoms with van der Waals surface area (Å²) in [6.07, 6.45) is -2.19. The Morgan fingerprint density at radius 3 is 2.43 bits per heavy atom. The molecule has 10 heteroatoms. The van der Waals surface area contributed by atoms with Crippen LogP contribution in [0.15, 0.2) is 42.5 Å². The van der Waals surface area contributed by atoms with Gasteiger partial charge in [-0.1, -0.05) is 24.3 Å². The third-order valence-electron chi connectivity index (χ3n) is 5.25. The molecule has 1 aliphatic rings. The number of carbonyl (C=O) groups excluding carboxylic acids is 3. The second kappa shape index (κ2) is 10.7. The summed E-state index contributed by atoms with van der Waals surface area (Å²) in [5, 5.41) is 0. The Labute approximate surface area is 202 Å². The summed E-state index contributed by atoms with van der Waals surface area (Å²) >= 11 is 0. The van der Waals surface area contributed by atoms with Crippen molar-refractivity contribution < 1.29 is 32.6 Å². The Bertz CT molecular complexity index is 1090. The van der Waals surface area contributed by atoms with E-state index in [1.54, 1.807) is 51.1 Å². The molecule has 0 aliphatic carbocycles. The van der Waals surface area contributed by atoms with Crippen molar-refractivity contribution in [3.8, 4) is 11.1 Å². The molecular weight excluding hydrogens is 460 g/mol. The van der Waals surface area contributed by atoms with Gasteiger partial charge in [-0.15, -0.1) is 0 Å². The summed E-state index contributed by atoms with van der Waals surface area (Å²) < 4.78 is 37.9. The maximum Gasteiger partial charge on any atom is 0.415 e. The first kappa shape index (κ1) is 25.9. The zero-order valence-corrected chi connectivity index (χ0v) is 19.9. The molecule has 2 aromatic carbocycles. The summed E-state index contributed by atoms with van der Waals surface area (Å²) in [5.74, 6) is -1.34. The molecular formula is C25H29F2N3O5. The molecule has 2 aromatic rings. The number of nitrogens with zero attached hydrogens (tertiary/aromatic N) is 2. The van der Waals surface area contributed by atoms with Crippen LogP contribution in [0.2, 0.25) is 0 Å². The lowest BCUT2D eigenvalue weighted by molar-refractivity contribution is -0.124. The number of primary amides is 1. The van der Waals surface area contributed by atoms with Crippen molar-refractivity contribution in [2.75, 3.05) is 24.7 Å². The van der Waals surface area contributed by atoms with Gasteiger partial charge in [0.25, 0.3) is 5.91 Å². The number of ether oxygens (including phenoxy) is 2. The lowest BCUT2D eigenvalue weighted by Gasteiger charge is -2.27. The average Bonchev–Trinajstić information content (AvgIpc) is 3.18. The van der Waals surface area contributed by atoms with Crippen molar-refractivity contribution in [3.05, 3.63) is 53.8 Å². The van der Waals surface area contributed by atoms with E-state index in [0.29, 0.717) is 11.1 Å². The van der Waals surface area contributed by atoms with Crippen molar-refractivity contribution in [1.29, 1.82) is 0 Å². The van der Waals surface area contributed by atoms with Gasteiger partial charge < -0.3 is 20.1 Å². The van der Waals surface area contributed by atoms with Gasteiger partial charge in [-0.25, -0.2) is 14.0 Å². The highest BCUT2D eigenvalue weighted by Crippen LogP contribution is 2.29. The molecule has 0 saturated carbocycles. The van der Waals surface area contributed by atoms with E-state index in [1.165, 1.54) is 17.0 Å². The van der Waals surface area contributed by atoms with Gasteiger partial charge in [0, 0.05) is 18.7 Å². The highest BCUT2D eigenvalue weighted by Gasteiger charge is 2.36. The van der Waals surface area contributed by atoms with E-state index >= 15 is 0 Å². The zero-order chi connectivity index (χ0) is 25.8. The molecule has 1 saturated heterocycles. The lowest BCUT2D eigenvalue weighted by Crippen LogP contribution is -2.37. The number of benzene rings is 2. The molecule has 1 fully saturated rings. The van der Waals surface area contributed by atoms with Gasteiger partial charge in [0.2, 0.25) is 0 Å². The maximum atomic E-state index is 14.9. The van der Waals surface area contributed by atoms with Gasteiger partial charge in [-0.05, 0) is 56.5 Å². The number of halogens is 2. The quantitative estimate of drug-likeness (QED) is 0.592. The first-order valence-corrected chi connectivity index (χ1v) is 11.2. The van der Waals surface area contributed by atoms with Crippen LogP contribution < -0.4 is 10.6 Å². The predicted octanol–water partition coefficient (Wildman–Crippen LogP) is 4.40. The summed E-state index contributed by atoms with van der Waals surface area (Å²) in [6, 6.07) is 11.2. The molecule has 2 N–H and O–H groups in total. The summed E-state index contributed by atoms with van der Waals surface area (Å²) in [5.41, 5.74) is 6.41. The van der Waals surface area contributed by atoms with E-state index in [9.17, 15) is 23.2 Å². The molecule has 3 amide bonds. The van der Waals surface area contributed by atoms with Crippen LogP contribution in [0.3, 0.4) is 0 Å². The Kier molecular flexibility index (Phi) is 7.93. The van der Waals surface area contributed by atoms with Gasteiger partial charge in [-0.3, -0.25) is 14.1 Å². The zero-order valence-electron chi connectivity index (χ0n) is 19.9. The minimum absolute atomic E-state index is 0.0851. The van der Waals surface area contributed by atoms with Crippen molar-refractivity contribution in [1.82, 2.24) is 4.90 Å². The van der Waals surface area contributed by atoms with Crippen LogP contribution in [0.25, 0.3) is 11.1 Å². The van der Waals surface area contributed by atoms with Crippen LogP contribution in [-0.4, -0.2) is 54.5 Å². The normalized spacial score (nSPS) is 15.6. The SMILES string of the molecule is CC(C)(C)OC(=O)N(CCCF)Cc1ccc(-c2ccc(N3CC(C(N)=O)OC3=O)cc2F)cc1. The van der Waals surface area contributed by atoms with Crippen LogP contribution >= 0.6 is 0 Å². The van der Waals surface area contributed by atoms with Crippen molar-refractivity contribution in [3.63, 3.8) is 0 Å². The number of nitrogens with two attached hydrogens (primary N) is 1. The second-order valence-electron chi connectivity index (χ2n) is 9.19. The number of cyclic esters (lactones) is 1. The number of amides is 3. The first-order chi connectivity index (χ1) is 16.5. The molecule has 1 heterocycles. The van der Waals surface area contributed by atoms with E-state index in [2.05, 4.69) is 0 Å². The number of hydrogen-bond donors (Lipinski definition) is 1. The average molecular weight is 490 g/mol. The predicted molar refractivity (Wildman–Crippen MR) is 126 cm³/mol. The van der Waals surface area contributed by atoms with Crippen LogP contribution in [0, 0.1) is 5.82 Å². The molecule has 0 aromatic heterocycles. The molecule has 0 radical (unpaired) electrons. The Morgan fingerprint density at radius 1 is 1.20 bits per heavy atom. The van der Waals surface area contributed by atoms with E-state index in [1.807, 2.05) is 0 Å². The Hall–Kier alpha value is -3.69. The van der Waals surface area contributed by atoms with Crippen LogP contribution in [0.4, 0.5) is 24.1 Å². The fraction of sp³-hybridized carbons (Fsp3) is 0.400. The second-order valence-corrected chi connectivity index (χ2v) is 9.19. The van der Waals surface area contributed by atoms with Crippen LogP contribution in [0.5, 0.6) is 0 Å². The smallest absolute Gasteiger partial charge is 0.415 e. The molecule has 3 rings (SSSR count). The lowest BCUT2D eigenvalue weighted by atomic mass is 10.0. The van der Waals surface area contributed by atoms with E-state index in [0.717, 1.165) is 10.5 Å². The van der Waals surface area contributed by atoms with E-state index < -0.39 is 42.3 Å². The summed E-state index contributed by atoms with van der Waals surface area (Å²) in [7, 11) is 0. The molecule has 1 unspecified atom stereocenters. The van der Waals surface area contributed by atoms with Crippen LogP contribution in [-0.2, 0) is 20.8 Å². The number of anilines is 1. The number of carbonyl (C=O) groups is 3. The molecule has 8 nitrogen and oxygen atoms in total. The van der Waals surface area contributed by atoms with Crippen LogP contribution in [0.1, 0.15) is 32.8 Å². The van der Waals surface area contributed by atoms with Gasteiger partial charge >= 0.3 is 12.2 Å². The molecule has 1 atom stereocenters. The Balaban J connectivity index is 1.73. The third kappa shape index (κ3) is 6.68. The standard InChI is InChI=1S/C25H29F2N3O5/c1-25(2,3)35-23(32)29(12-4-11-26)14-16-5-7-17(8-6-16)19-10-9-18(13-20(19)27)30-15-21(22(28)31)34-24(30)33/h5-10,13,21H,4,11-12,14-15H2,1-3H3,(H2,28,31). The van der Waals surface area contributed by atoms with Gasteiger partial charge in [-0.2, -0.15) is 0 Å². The highest BCUT2D eigenvalue weighted by atomic mass is 19.1. The molecule has 0 spiro atoms. The monoisotopic (exact) mass is 489 g/mol. The summed E-state index contributed by atoms with van der Waals surface area (Å²) in [6.45, 7) is 5.07. The van der Waals surface area contributed by atoms with Crippen molar-refractivity contribution >= 4 is 23.8 Å². The minimum Gasteiger partial charge on any atom is -0.444 e. The number of hydrogen-bond acceptors (Lipinski definition) is 5. The largest absolute Gasteiger partial charge is 0.444 e. The van der Waals surface area contributed by atoms with Crippen molar-refractivity contribution in [2.45, 2.75) is 45.4 Å². The molecule has 35 heavy (non-hydrogen) atoms. The minimum atomic E-state index is -1.08. The van der Waals surface area contributed by atoms with Gasteiger partial charge in [0.1, 0.15) is 11.4 Å².